The summed E-state index contributed by atoms with van der Waals surface area (Å²) in [6.07, 6.45) is 3.24. The molecule has 6 heteroatoms. The zero-order valence-electron chi connectivity index (χ0n) is 23.7. The van der Waals surface area contributed by atoms with Crippen LogP contribution in [-0.4, -0.2) is 19.1 Å². The van der Waals surface area contributed by atoms with E-state index in [1.165, 1.54) is 27.8 Å². The molecule has 0 aliphatic rings. The Hall–Kier alpha value is -4.58. The molecule has 0 aliphatic heterocycles. The van der Waals surface area contributed by atoms with Gasteiger partial charge < -0.3 is 21.3 Å². The first-order valence-electron chi connectivity index (χ1n) is 13.8. The number of amides is 4. The second-order valence-corrected chi connectivity index (χ2v) is 10.0. The van der Waals surface area contributed by atoms with E-state index in [4.69, 9.17) is 0 Å². The van der Waals surface area contributed by atoms with Crippen molar-refractivity contribution in [3.05, 3.63) is 124 Å². The van der Waals surface area contributed by atoms with Crippen LogP contribution in [-0.2, 0) is 25.7 Å². The highest BCUT2D eigenvalue weighted by molar-refractivity contribution is 6.00. The molecule has 0 fully saturated rings. The van der Waals surface area contributed by atoms with Gasteiger partial charge in [-0.1, -0.05) is 80.1 Å². The van der Waals surface area contributed by atoms with Crippen LogP contribution >= 0.6 is 0 Å². The molecular formula is C34H38N4O2. The number of aryl methyl sites for hydroxylation is 3. The van der Waals surface area contributed by atoms with Crippen LogP contribution in [0.2, 0.25) is 0 Å². The monoisotopic (exact) mass is 534 g/mol. The van der Waals surface area contributed by atoms with E-state index < -0.39 is 0 Å². The summed E-state index contributed by atoms with van der Waals surface area (Å²) in [6, 6.07) is 28.4. The molecule has 0 atom stereocenters. The molecule has 0 bridgehead atoms. The number of urea groups is 2. The third kappa shape index (κ3) is 7.73. The minimum absolute atomic E-state index is 0.225. The molecule has 4 aromatic rings. The van der Waals surface area contributed by atoms with E-state index in [0.717, 1.165) is 53.9 Å². The minimum Gasteiger partial charge on any atom is -0.341 e. The van der Waals surface area contributed by atoms with Gasteiger partial charge in [0.25, 0.3) is 0 Å². The lowest BCUT2D eigenvalue weighted by Gasteiger charge is -2.14. The molecule has 4 rings (SSSR count). The second kappa shape index (κ2) is 13.5. The zero-order chi connectivity index (χ0) is 28.5. The molecule has 4 aromatic carbocycles. The first-order valence-corrected chi connectivity index (χ1v) is 13.8. The van der Waals surface area contributed by atoms with E-state index in [-0.39, 0.29) is 12.1 Å². The number of carbonyl (C=O) groups excluding carboxylic acids is 2. The molecule has 0 spiro atoms. The van der Waals surface area contributed by atoms with Crippen molar-refractivity contribution in [2.75, 3.05) is 23.0 Å². The number of rotatable bonds is 9. The summed E-state index contributed by atoms with van der Waals surface area (Å²) in [4.78, 5) is 24.5. The van der Waals surface area contributed by atoms with Gasteiger partial charge in [0.05, 0.1) is 0 Å². The fourth-order valence-corrected chi connectivity index (χ4v) is 4.70. The van der Waals surface area contributed by atoms with Crippen molar-refractivity contribution in [1.29, 1.82) is 0 Å². The molecule has 0 radical (unpaired) electrons. The van der Waals surface area contributed by atoms with E-state index >= 15 is 0 Å². The topological polar surface area (TPSA) is 82.3 Å². The number of nitrogens with one attached hydrogen (secondary N) is 4. The van der Waals surface area contributed by atoms with Crippen LogP contribution in [0, 0.1) is 6.92 Å². The van der Waals surface area contributed by atoms with Crippen molar-refractivity contribution < 1.29 is 9.59 Å². The average Bonchev–Trinajstić information content (AvgIpc) is 2.96. The maximum atomic E-state index is 12.8. The highest BCUT2D eigenvalue weighted by Gasteiger charge is 2.10. The van der Waals surface area contributed by atoms with Crippen LogP contribution < -0.4 is 21.3 Å². The maximum Gasteiger partial charge on any atom is 0.323 e. The molecule has 0 saturated carbocycles. The normalized spacial score (nSPS) is 10.6. The molecule has 0 aliphatic carbocycles. The quantitative estimate of drug-likeness (QED) is 0.177. The summed E-state index contributed by atoms with van der Waals surface area (Å²) >= 11 is 0. The molecule has 4 N–H and O–H groups in total. The van der Waals surface area contributed by atoms with Gasteiger partial charge in [0.2, 0.25) is 0 Å². The lowest BCUT2D eigenvalue weighted by atomic mass is 9.98. The van der Waals surface area contributed by atoms with Gasteiger partial charge in [-0.15, -0.1) is 0 Å². The predicted molar refractivity (Wildman–Crippen MR) is 166 cm³/mol. The first-order chi connectivity index (χ1) is 19.4. The Morgan fingerprint density at radius 3 is 1.52 bits per heavy atom. The summed E-state index contributed by atoms with van der Waals surface area (Å²) in [7, 11) is 1.60. The zero-order valence-corrected chi connectivity index (χ0v) is 23.7. The Morgan fingerprint density at radius 1 is 0.575 bits per heavy atom. The van der Waals surface area contributed by atoms with E-state index in [9.17, 15) is 9.59 Å². The predicted octanol–water partition coefficient (Wildman–Crippen LogP) is 7.70. The van der Waals surface area contributed by atoms with Crippen LogP contribution in [0.15, 0.2) is 84.9 Å². The molecule has 0 unspecified atom stereocenters. The largest absolute Gasteiger partial charge is 0.341 e. The van der Waals surface area contributed by atoms with Gasteiger partial charge in [-0.3, -0.25) is 0 Å². The third-order valence-electron chi connectivity index (χ3n) is 6.97. The van der Waals surface area contributed by atoms with Crippen LogP contribution in [0.4, 0.5) is 26.7 Å². The molecule has 6 nitrogen and oxygen atoms in total. The smallest absolute Gasteiger partial charge is 0.323 e. The number of hydrogen-bond acceptors (Lipinski definition) is 2. The van der Waals surface area contributed by atoms with Crippen molar-refractivity contribution in [1.82, 2.24) is 5.32 Å². The molecule has 0 heterocycles. The lowest BCUT2D eigenvalue weighted by Crippen LogP contribution is -2.25. The first kappa shape index (κ1) is 28.4. The van der Waals surface area contributed by atoms with Gasteiger partial charge in [0.1, 0.15) is 0 Å². The van der Waals surface area contributed by atoms with Crippen molar-refractivity contribution in [2.45, 2.75) is 46.5 Å². The fraction of sp³-hybridized carbons (Fsp3) is 0.235. The molecule has 206 valence electrons. The molecular weight excluding hydrogens is 496 g/mol. The summed E-state index contributed by atoms with van der Waals surface area (Å²) < 4.78 is 0. The van der Waals surface area contributed by atoms with E-state index in [1.54, 1.807) is 7.05 Å². The highest BCUT2D eigenvalue weighted by Crippen LogP contribution is 2.24. The third-order valence-corrected chi connectivity index (χ3v) is 6.97. The number of carbonyl (C=O) groups is 2. The molecule has 0 aromatic heterocycles. The van der Waals surface area contributed by atoms with Crippen molar-refractivity contribution in [2.24, 2.45) is 0 Å². The number of benzene rings is 4. The van der Waals surface area contributed by atoms with E-state index in [0.29, 0.717) is 0 Å². The molecule has 0 saturated heterocycles. The van der Waals surface area contributed by atoms with Crippen LogP contribution in [0.25, 0.3) is 0 Å². The summed E-state index contributed by atoms with van der Waals surface area (Å²) in [5.41, 5.74) is 10.6. The summed E-state index contributed by atoms with van der Waals surface area (Å²) in [5, 5.41) is 11.4. The van der Waals surface area contributed by atoms with Gasteiger partial charge in [-0.25, -0.2) is 9.59 Å². The Labute approximate surface area is 237 Å². The summed E-state index contributed by atoms with van der Waals surface area (Å²) in [5.74, 6) is 0. The fourth-order valence-electron chi connectivity index (χ4n) is 4.70. The Bertz CT molecular complexity index is 1460. The van der Waals surface area contributed by atoms with Gasteiger partial charge in [-0.2, -0.15) is 0 Å². The minimum atomic E-state index is -0.263. The van der Waals surface area contributed by atoms with Gasteiger partial charge in [0, 0.05) is 24.1 Å². The number of hydrogen-bond donors (Lipinski definition) is 4. The highest BCUT2D eigenvalue weighted by atomic mass is 16.2. The second-order valence-electron chi connectivity index (χ2n) is 10.0. The van der Waals surface area contributed by atoms with E-state index in [2.05, 4.69) is 84.5 Å². The van der Waals surface area contributed by atoms with Crippen molar-refractivity contribution >= 4 is 29.1 Å². The van der Waals surface area contributed by atoms with Crippen molar-refractivity contribution in [3.63, 3.8) is 0 Å². The SMILES string of the molecule is CCc1cc(Cc2ccc(NC(=O)Nc3ccc(Cc4ccc(C)cc4)cc3)c(CC)c2)ccc1NC(=O)NC. The Morgan fingerprint density at radius 2 is 1.02 bits per heavy atom. The van der Waals surface area contributed by atoms with Crippen LogP contribution in [0.1, 0.15) is 52.8 Å². The number of anilines is 3. The lowest BCUT2D eigenvalue weighted by molar-refractivity contribution is 0.254. The van der Waals surface area contributed by atoms with Gasteiger partial charge in [0.15, 0.2) is 0 Å². The van der Waals surface area contributed by atoms with Gasteiger partial charge >= 0.3 is 12.1 Å². The standard InChI is InChI=1S/C34H38N4O2/c1-5-28-21-26(13-17-31(28)37-33(39)35-4)20-27-14-18-32(29(6-2)22-27)38-34(40)36-30-15-11-25(12-16-30)19-24-9-7-23(3)8-10-24/h7-18,21-22H,5-6,19-20H2,1-4H3,(H2,35,37,39)(H2,36,38,40). The Balaban J connectivity index is 1.37. The maximum absolute atomic E-state index is 12.8. The average molecular weight is 535 g/mol. The molecule has 4 amide bonds. The summed E-state index contributed by atoms with van der Waals surface area (Å²) in [6.45, 7) is 6.25. The van der Waals surface area contributed by atoms with Crippen LogP contribution in [0.5, 0.6) is 0 Å². The Kier molecular flexibility index (Phi) is 9.57. The van der Waals surface area contributed by atoms with Gasteiger partial charge in [-0.05, 0) is 90.3 Å². The van der Waals surface area contributed by atoms with E-state index in [1.807, 2.05) is 42.5 Å². The van der Waals surface area contributed by atoms with Crippen LogP contribution in [0.3, 0.4) is 0 Å². The molecule has 40 heavy (non-hydrogen) atoms. The van der Waals surface area contributed by atoms with Crippen molar-refractivity contribution in [3.8, 4) is 0 Å².